The lowest BCUT2D eigenvalue weighted by Gasteiger charge is -2.16. The quantitative estimate of drug-likeness (QED) is 0.916. The van der Waals surface area contributed by atoms with E-state index >= 15 is 0 Å². The van der Waals surface area contributed by atoms with Crippen molar-refractivity contribution in [2.24, 2.45) is 7.05 Å². The second-order valence-electron chi connectivity index (χ2n) is 4.68. The first kappa shape index (κ1) is 15.1. The van der Waals surface area contributed by atoms with Crippen molar-refractivity contribution in [2.45, 2.75) is 13.0 Å². The van der Waals surface area contributed by atoms with E-state index in [4.69, 9.17) is 11.6 Å². The molecule has 0 aliphatic heterocycles. The Morgan fingerprint density at radius 2 is 1.95 bits per heavy atom. The lowest BCUT2D eigenvalue weighted by atomic mass is 10.1. The van der Waals surface area contributed by atoms with E-state index in [0.29, 0.717) is 5.02 Å². The number of anilines is 1. The summed E-state index contributed by atoms with van der Waals surface area (Å²) in [6.07, 6.45) is 1.62. The maximum Gasteiger partial charge on any atom is 0.319 e. The molecule has 0 radical (unpaired) electrons. The first-order chi connectivity index (χ1) is 9.99. The third-order valence-electron chi connectivity index (χ3n) is 3.09. The van der Waals surface area contributed by atoms with Gasteiger partial charge in [0.15, 0.2) is 0 Å². The van der Waals surface area contributed by atoms with Gasteiger partial charge in [-0.1, -0.05) is 29.8 Å². The Kier molecular flexibility index (Phi) is 4.65. The number of halogens is 1. The Morgan fingerprint density at radius 1 is 1.24 bits per heavy atom. The summed E-state index contributed by atoms with van der Waals surface area (Å²) in [4.78, 5) is 23.8. The molecule has 21 heavy (non-hydrogen) atoms. The number of hydrogen-bond acceptors (Lipinski definition) is 2. The summed E-state index contributed by atoms with van der Waals surface area (Å²) in [6.45, 7) is 1.82. The van der Waals surface area contributed by atoms with Gasteiger partial charge in [-0.15, -0.1) is 0 Å². The number of urea groups is 1. The Bertz CT molecular complexity index is 712. The molecule has 1 atom stereocenters. The fourth-order valence-electron chi connectivity index (χ4n) is 1.95. The molecule has 110 valence electrons. The molecule has 2 aromatic rings. The van der Waals surface area contributed by atoms with E-state index in [1.807, 2.05) is 25.1 Å². The van der Waals surface area contributed by atoms with Crippen LogP contribution in [0.15, 0.2) is 47.4 Å². The van der Waals surface area contributed by atoms with E-state index in [2.05, 4.69) is 10.6 Å². The lowest BCUT2D eigenvalue weighted by molar-refractivity contribution is 0.249. The van der Waals surface area contributed by atoms with Crippen molar-refractivity contribution >= 4 is 23.3 Å². The minimum atomic E-state index is -0.453. The standard InChI is InChI=1S/C15H16ClN3O2/c1-10(11-6-3-4-7-12(11)16)17-15(21)18-13-8-5-9-19(2)14(13)20/h3-10H,1-2H3,(H2,17,18,21). The van der Waals surface area contributed by atoms with Crippen LogP contribution in [0, 0.1) is 0 Å². The first-order valence-corrected chi connectivity index (χ1v) is 6.84. The highest BCUT2D eigenvalue weighted by Gasteiger charge is 2.13. The molecule has 1 unspecified atom stereocenters. The van der Waals surface area contributed by atoms with Crippen molar-refractivity contribution in [3.63, 3.8) is 0 Å². The van der Waals surface area contributed by atoms with Gasteiger partial charge in [-0.2, -0.15) is 0 Å². The number of carbonyl (C=O) groups excluding carboxylic acids is 1. The fourth-order valence-corrected chi connectivity index (χ4v) is 2.25. The largest absolute Gasteiger partial charge is 0.331 e. The molecule has 0 spiro atoms. The van der Waals surface area contributed by atoms with Gasteiger partial charge in [0.05, 0.1) is 6.04 Å². The van der Waals surface area contributed by atoms with Crippen LogP contribution in [0.1, 0.15) is 18.5 Å². The zero-order valence-electron chi connectivity index (χ0n) is 11.8. The van der Waals surface area contributed by atoms with Crippen molar-refractivity contribution in [2.75, 3.05) is 5.32 Å². The molecule has 0 aliphatic carbocycles. The molecule has 1 aromatic carbocycles. The maximum atomic E-state index is 12.0. The number of benzene rings is 1. The summed E-state index contributed by atoms with van der Waals surface area (Å²) in [6, 6.07) is 9.80. The second kappa shape index (κ2) is 6.45. The molecule has 0 bridgehead atoms. The van der Waals surface area contributed by atoms with E-state index < -0.39 is 6.03 Å². The lowest BCUT2D eigenvalue weighted by Crippen LogP contribution is -2.34. The van der Waals surface area contributed by atoms with Crippen molar-refractivity contribution < 1.29 is 4.79 Å². The number of hydrogen-bond donors (Lipinski definition) is 2. The minimum absolute atomic E-state index is 0.226. The van der Waals surface area contributed by atoms with Gasteiger partial charge in [0.25, 0.3) is 5.56 Å². The molecule has 5 nitrogen and oxygen atoms in total. The Hall–Kier alpha value is -2.27. The number of carbonyl (C=O) groups is 1. The van der Waals surface area contributed by atoms with Crippen LogP contribution in [0.5, 0.6) is 0 Å². The molecule has 1 heterocycles. The van der Waals surface area contributed by atoms with Gasteiger partial charge in [-0.3, -0.25) is 4.79 Å². The highest BCUT2D eigenvalue weighted by molar-refractivity contribution is 6.31. The van der Waals surface area contributed by atoms with Crippen LogP contribution in [0.3, 0.4) is 0 Å². The second-order valence-corrected chi connectivity index (χ2v) is 5.09. The first-order valence-electron chi connectivity index (χ1n) is 6.46. The highest BCUT2D eigenvalue weighted by Crippen LogP contribution is 2.22. The predicted molar refractivity (Wildman–Crippen MR) is 83.7 cm³/mol. The maximum absolute atomic E-state index is 12.0. The Balaban J connectivity index is 2.07. The smallest absolute Gasteiger partial charge is 0.319 e. The van der Waals surface area contributed by atoms with Crippen molar-refractivity contribution in [3.05, 3.63) is 63.5 Å². The number of rotatable bonds is 3. The monoisotopic (exact) mass is 305 g/mol. The number of aryl methyl sites for hydroxylation is 1. The van der Waals surface area contributed by atoms with E-state index in [-0.39, 0.29) is 17.3 Å². The highest BCUT2D eigenvalue weighted by atomic mass is 35.5. The van der Waals surface area contributed by atoms with Gasteiger partial charge in [0.2, 0.25) is 0 Å². The third-order valence-corrected chi connectivity index (χ3v) is 3.44. The fraction of sp³-hybridized carbons (Fsp3) is 0.200. The van der Waals surface area contributed by atoms with E-state index in [1.165, 1.54) is 4.57 Å². The molecule has 0 aliphatic rings. The van der Waals surface area contributed by atoms with Crippen LogP contribution in [-0.2, 0) is 7.05 Å². The molecule has 2 amide bonds. The van der Waals surface area contributed by atoms with Crippen molar-refractivity contribution in [1.82, 2.24) is 9.88 Å². The summed E-state index contributed by atoms with van der Waals surface area (Å²) in [7, 11) is 1.62. The van der Waals surface area contributed by atoms with Crippen LogP contribution >= 0.6 is 11.6 Å². The normalized spacial score (nSPS) is 11.8. The molecule has 1 aromatic heterocycles. The van der Waals surface area contributed by atoms with Crippen LogP contribution in [0.4, 0.5) is 10.5 Å². The van der Waals surface area contributed by atoms with Gasteiger partial charge < -0.3 is 15.2 Å². The third kappa shape index (κ3) is 3.64. The van der Waals surface area contributed by atoms with E-state index in [9.17, 15) is 9.59 Å². The van der Waals surface area contributed by atoms with Crippen LogP contribution in [0.2, 0.25) is 5.02 Å². The molecule has 2 rings (SSSR count). The number of nitrogens with zero attached hydrogens (tertiary/aromatic N) is 1. The molecule has 2 N–H and O–H groups in total. The van der Waals surface area contributed by atoms with Gasteiger partial charge >= 0.3 is 6.03 Å². The van der Waals surface area contributed by atoms with Gasteiger partial charge in [0.1, 0.15) is 5.69 Å². The molecule has 0 saturated heterocycles. The van der Waals surface area contributed by atoms with Crippen LogP contribution in [-0.4, -0.2) is 10.6 Å². The predicted octanol–water partition coefficient (Wildman–Crippen LogP) is 2.92. The molecule has 0 fully saturated rings. The Labute approximate surface area is 127 Å². The summed E-state index contributed by atoms with van der Waals surface area (Å²) in [5.41, 5.74) is 0.775. The average molecular weight is 306 g/mol. The molecular weight excluding hydrogens is 290 g/mol. The summed E-state index contributed by atoms with van der Waals surface area (Å²) in [5, 5.41) is 5.88. The zero-order chi connectivity index (χ0) is 15.4. The van der Waals surface area contributed by atoms with Gasteiger partial charge in [-0.25, -0.2) is 4.79 Å². The summed E-state index contributed by atoms with van der Waals surface area (Å²) < 4.78 is 1.40. The average Bonchev–Trinajstić information content (AvgIpc) is 2.44. The topological polar surface area (TPSA) is 63.1 Å². The summed E-state index contributed by atoms with van der Waals surface area (Å²) in [5.74, 6) is 0. The van der Waals surface area contributed by atoms with Crippen molar-refractivity contribution in [1.29, 1.82) is 0 Å². The van der Waals surface area contributed by atoms with Gasteiger partial charge in [-0.05, 0) is 30.7 Å². The zero-order valence-corrected chi connectivity index (χ0v) is 12.5. The summed E-state index contributed by atoms with van der Waals surface area (Å²) >= 11 is 6.08. The van der Waals surface area contributed by atoms with E-state index in [0.717, 1.165) is 5.56 Å². The van der Waals surface area contributed by atoms with Crippen LogP contribution < -0.4 is 16.2 Å². The number of nitrogens with one attached hydrogen (secondary N) is 2. The molecule has 0 saturated carbocycles. The van der Waals surface area contributed by atoms with E-state index in [1.54, 1.807) is 31.4 Å². The molecule has 6 heteroatoms. The van der Waals surface area contributed by atoms with Gasteiger partial charge in [0, 0.05) is 18.3 Å². The molecular formula is C15H16ClN3O2. The Morgan fingerprint density at radius 3 is 2.67 bits per heavy atom. The number of aromatic nitrogens is 1. The number of pyridine rings is 1. The van der Waals surface area contributed by atoms with Crippen molar-refractivity contribution in [3.8, 4) is 0 Å². The number of amides is 2. The minimum Gasteiger partial charge on any atom is -0.331 e. The SMILES string of the molecule is CC(NC(=O)Nc1cccn(C)c1=O)c1ccccc1Cl. The van der Waals surface area contributed by atoms with Crippen LogP contribution in [0.25, 0.3) is 0 Å².